The summed E-state index contributed by atoms with van der Waals surface area (Å²) in [7, 11) is 0. The maximum atomic E-state index is 12.9. The Labute approximate surface area is 175 Å². The first-order chi connectivity index (χ1) is 14.0. The quantitative estimate of drug-likeness (QED) is 0.760. The molecule has 3 saturated heterocycles. The van der Waals surface area contributed by atoms with Crippen LogP contribution in [0.1, 0.15) is 33.3 Å². The molecule has 164 valence electrons. The molecule has 0 saturated carbocycles. The Morgan fingerprint density at radius 1 is 0.900 bits per heavy atom. The average molecular weight is 420 g/mol. The van der Waals surface area contributed by atoms with Gasteiger partial charge >= 0.3 is 0 Å². The first-order valence-electron chi connectivity index (χ1n) is 10.0. The van der Waals surface area contributed by atoms with Crippen molar-refractivity contribution in [1.82, 2.24) is 5.32 Å². The third-order valence-corrected chi connectivity index (χ3v) is 5.17. The first kappa shape index (κ1) is 21.2. The van der Waals surface area contributed by atoms with Gasteiger partial charge in [-0.2, -0.15) is 0 Å². The fourth-order valence-electron chi connectivity index (χ4n) is 3.93. The molecule has 30 heavy (non-hydrogen) atoms. The molecule has 0 spiro atoms. The molecule has 1 aromatic carbocycles. The number of benzene rings is 1. The van der Waals surface area contributed by atoms with Gasteiger partial charge in [-0.3, -0.25) is 9.59 Å². The Morgan fingerprint density at radius 2 is 1.50 bits per heavy atom. The minimum absolute atomic E-state index is 0.203. The van der Waals surface area contributed by atoms with Gasteiger partial charge in [0.2, 0.25) is 5.91 Å². The third kappa shape index (κ3) is 4.35. The van der Waals surface area contributed by atoms with E-state index in [1.54, 1.807) is 39.8 Å². The van der Waals surface area contributed by atoms with Crippen molar-refractivity contribution in [3.63, 3.8) is 0 Å². The summed E-state index contributed by atoms with van der Waals surface area (Å²) in [6, 6.07) is 7.39. The summed E-state index contributed by atoms with van der Waals surface area (Å²) in [5.41, 5.74) is 1.75. The second-order valence-corrected chi connectivity index (χ2v) is 8.72. The number of carbonyl (C=O) groups excluding carboxylic acids is 2. The predicted octanol–water partition coefficient (Wildman–Crippen LogP) is 1.45. The summed E-state index contributed by atoms with van der Waals surface area (Å²) < 4.78 is 29.5. The molecule has 3 aliphatic heterocycles. The average Bonchev–Trinajstić information content (AvgIpc) is 3.14. The van der Waals surface area contributed by atoms with Crippen molar-refractivity contribution >= 4 is 17.5 Å². The summed E-state index contributed by atoms with van der Waals surface area (Å²) in [5.74, 6) is -2.58. The van der Waals surface area contributed by atoms with Crippen molar-refractivity contribution in [3.8, 4) is 0 Å². The van der Waals surface area contributed by atoms with Gasteiger partial charge < -0.3 is 34.3 Å². The number of ether oxygens (including phenoxy) is 5. The SMILES string of the molecule is Cc1ccc(NC(=O)CNC(=O)C2O[C@@H]3OC(C)(C)O[C@@H]3[C@H]3OC(C)(C)O[C@@H]23)cc1. The van der Waals surface area contributed by atoms with Crippen LogP contribution in [0.2, 0.25) is 0 Å². The Balaban J connectivity index is 1.40. The second kappa shape index (κ2) is 7.58. The lowest BCUT2D eigenvalue weighted by Gasteiger charge is -2.36. The van der Waals surface area contributed by atoms with E-state index in [1.165, 1.54) is 0 Å². The highest BCUT2D eigenvalue weighted by Gasteiger charge is 2.62. The minimum Gasteiger partial charge on any atom is -0.345 e. The zero-order chi connectivity index (χ0) is 21.7. The van der Waals surface area contributed by atoms with Crippen LogP contribution in [0.15, 0.2) is 24.3 Å². The number of hydrogen-bond donors (Lipinski definition) is 2. The molecular weight excluding hydrogens is 392 g/mol. The van der Waals surface area contributed by atoms with Crippen LogP contribution in [0.3, 0.4) is 0 Å². The lowest BCUT2D eigenvalue weighted by molar-refractivity contribution is -0.231. The minimum atomic E-state index is -0.998. The molecule has 3 aliphatic rings. The van der Waals surface area contributed by atoms with Crippen LogP contribution in [0.4, 0.5) is 5.69 Å². The highest BCUT2D eigenvalue weighted by molar-refractivity contribution is 5.95. The lowest BCUT2D eigenvalue weighted by atomic mass is 9.98. The molecule has 0 aromatic heterocycles. The molecule has 9 nitrogen and oxygen atoms in total. The smallest absolute Gasteiger partial charge is 0.252 e. The molecule has 5 atom stereocenters. The number of fused-ring (bicyclic) bond motifs is 3. The van der Waals surface area contributed by atoms with Gasteiger partial charge in [-0.05, 0) is 46.8 Å². The molecule has 2 N–H and O–H groups in total. The van der Waals surface area contributed by atoms with Gasteiger partial charge in [0, 0.05) is 5.69 Å². The van der Waals surface area contributed by atoms with E-state index in [1.807, 2.05) is 19.1 Å². The highest BCUT2D eigenvalue weighted by atomic mass is 16.9. The van der Waals surface area contributed by atoms with E-state index in [0.29, 0.717) is 5.69 Å². The largest absolute Gasteiger partial charge is 0.345 e. The topological polar surface area (TPSA) is 104 Å². The van der Waals surface area contributed by atoms with E-state index >= 15 is 0 Å². The standard InChI is InChI=1S/C21H28N2O7/c1-11-6-8-12(9-7-11)23-13(24)10-22-18(25)16-14-15(28-20(2,3)27-14)17-19(26-16)30-21(4,5)29-17/h6-9,14-17,19H,10H2,1-5H3,(H,22,25)(H,23,24)/t14-,15+,16?,17-,19-/m1/s1. The first-order valence-corrected chi connectivity index (χ1v) is 10.0. The molecule has 1 unspecified atom stereocenters. The molecule has 9 heteroatoms. The van der Waals surface area contributed by atoms with Crippen LogP contribution in [0.25, 0.3) is 0 Å². The molecule has 3 fully saturated rings. The lowest BCUT2D eigenvalue weighted by Crippen LogP contribution is -2.59. The maximum absolute atomic E-state index is 12.9. The molecule has 0 aliphatic carbocycles. The molecule has 1 aromatic rings. The predicted molar refractivity (Wildman–Crippen MR) is 105 cm³/mol. The van der Waals surface area contributed by atoms with Crippen LogP contribution >= 0.6 is 0 Å². The number of anilines is 1. The summed E-state index contributed by atoms with van der Waals surface area (Å²) in [6.45, 7) is 8.84. The van der Waals surface area contributed by atoms with E-state index in [2.05, 4.69) is 10.6 Å². The number of nitrogens with one attached hydrogen (secondary N) is 2. The van der Waals surface area contributed by atoms with Gasteiger partial charge in [0.25, 0.3) is 5.91 Å². The van der Waals surface area contributed by atoms with E-state index in [0.717, 1.165) is 5.56 Å². The summed E-state index contributed by atoms with van der Waals surface area (Å²) in [6.07, 6.45) is -3.49. The van der Waals surface area contributed by atoms with Crippen LogP contribution in [-0.4, -0.2) is 60.6 Å². The number of rotatable bonds is 4. The summed E-state index contributed by atoms with van der Waals surface area (Å²) in [5, 5.41) is 5.36. The molecular formula is C21H28N2O7. The van der Waals surface area contributed by atoms with Crippen molar-refractivity contribution in [2.75, 3.05) is 11.9 Å². The van der Waals surface area contributed by atoms with Crippen LogP contribution in [-0.2, 0) is 33.3 Å². The zero-order valence-corrected chi connectivity index (χ0v) is 17.8. The molecule has 0 radical (unpaired) electrons. The van der Waals surface area contributed by atoms with Gasteiger partial charge in [0.05, 0.1) is 6.54 Å². The van der Waals surface area contributed by atoms with E-state index in [9.17, 15) is 9.59 Å². The van der Waals surface area contributed by atoms with Crippen molar-refractivity contribution in [2.24, 2.45) is 0 Å². The van der Waals surface area contributed by atoms with Gasteiger partial charge in [0.15, 0.2) is 24.0 Å². The summed E-state index contributed by atoms with van der Waals surface area (Å²) in [4.78, 5) is 25.1. The van der Waals surface area contributed by atoms with Crippen molar-refractivity contribution < 1.29 is 33.3 Å². The van der Waals surface area contributed by atoms with Crippen molar-refractivity contribution in [1.29, 1.82) is 0 Å². The normalized spacial score (nSPS) is 33.4. The van der Waals surface area contributed by atoms with Crippen molar-refractivity contribution in [2.45, 2.75) is 76.9 Å². The Hall–Kier alpha value is -2.04. The van der Waals surface area contributed by atoms with Crippen LogP contribution < -0.4 is 10.6 Å². The number of amides is 2. The van der Waals surface area contributed by atoms with E-state index < -0.39 is 48.2 Å². The molecule has 0 bridgehead atoms. The Kier molecular flexibility index (Phi) is 5.36. The van der Waals surface area contributed by atoms with E-state index in [-0.39, 0.29) is 12.5 Å². The van der Waals surface area contributed by atoms with Gasteiger partial charge in [0.1, 0.15) is 18.3 Å². The second-order valence-electron chi connectivity index (χ2n) is 8.72. The van der Waals surface area contributed by atoms with Gasteiger partial charge in [-0.1, -0.05) is 17.7 Å². The van der Waals surface area contributed by atoms with Gasteiger partial charge in [-0.25, -0.2) is 0 Å². The Bertz CT molecular complexity index is 823. The van der Waals surface area contributed by atoms with E-state index in [4.69, 9.17) is 23.7 Å². The van der Waals surface area contributed by atoms with Gasteiger partial charge in [-0.15, -0.1) is 0 Å². The zero-order valence-electron chi connectivity index (χ0n) is 17.8. The van der Waals surface area contributed by atoms with Crippen LogP contribution in [0.5, 0.6) is 0 Å². The fraction of sp³-hybridized carbons (Fsp3) is 0.619. The third-order valence-electron chi connectivity index (χ3n) is 5.17. The molecule has 2 amide bonds. The fourth-order valence-corrected chi connectivity index (χ4v) is 3.93. The number of aryl methyl sites for hydroxylation is 1. The molecule has 4 rings (SSSR count). The Morgan fingerprint density at radius 3 is 2.20 bits per heavy atom. The van der Waals surface area contributed by atoms with Crippen LogP contribution in [0, 0.1) is 6.92 Å². The number of hydrogen-bond acceptors (Lipinski definition) is 7. The van der Waals surface area contributed by atoms with Crippen molar-refractivity contribution in [3.05, 3.63) is 29.8 Å². The maximum Gasteiger partial charge on any atom is 0.252 e. The highest BCUT2D eigenvalue weighted by Crippen LogP contribution is 2.44. The molecule has 3 heterocycles. The monoisotopic (exact) mass is 420 g/mol. The summed E-state index contributed by atoms with van der Waals surface area (Å²) >= 11 is 0. The number of carbonyl (C=O) groups is 2.